The number of phenolic OH excluding ortho intramolecular Hbond substituents is 1. The van der Waals surface area contributed by atoms with Crippen molar-refractivity contribution in [3.63, 3.8) is 0 Å². The van der Waals surface area contributed by atoms with Crippen LogP contribution in [0.1, 0.15) is 25.3 Å². The first kappa shape index (κ1) is 11.6. The van der Waals surface area contributed by atoms with Gasteiger partial charge in [0.2, 0.25) is 0 Å². The third-order valence-electron chi connectivity index (χ3n) is 2.85. The Morgan fingerprint density at radius 1 is 1.12 bits per heavy atom. The van der Waals surface area contributed by atoms with E-state index in [9.17, 15) is 5.11 Å². The van der Waals surface area contributed by atoms with Gasteiger partial charge in [-0.15, -0.1) is 0 Å². The van der Waals surface area contributed by atoms with Gasteiger partial charge in [0, 0.05) is 11.8 Å². The Morgan fingerprint density at radius 2 is 1.94 bits per heavy atom. The van der Waals surface area contributed by atoms with Gasteiger partial charge in [-0.05, 0) is 36.6 Å². The third-order valence-corrected chi connectivity index (χ3v) is 2.85. The molecule has 88 valence electrons. The van der Waals surface area contributed by atoms with Crippen molar-refractivity contribution < 1.29 is 5.11 Å². The van der Waals surface area contributed by atoms with Gasteiger partial charge in [-0.2, -0.15) is 0 Å². The van der Waals surface area contributed by atoms with E-state index in [2.05, 4.69) is 18.0 Å². The largest absolute Gasteiger partial charge is 0.507 e. The molecule has 2 heteroatoms. The van der Waals surface area contributed by atoms with Crippen LogP contribution < -0.4 is 0 Å². The molecule has 0 atom stereocenters. The molecule has 2 nitrogen and oxygen atoms in total. The van der Waals surface area contributed by atoms with Crippen molar-refractivity contribution in [2.75, 3.05) is 0 Å². The third kappa shape index (κ3) is 2.64. The molecule has 2 aromatic rings. The number of hydrogen-bond acceptors (Lipinski definition) is 2. The maximum absolute atomic E-state index is 9.87. The van der Waals surface area contributed by atoms with Crippen LogP contribution in [-0.4, -0.2) is 10.1 Å². The molecule has 0 saturated carbocycles. The summed E-state index contributed by atoms with van der Waals surface area (Å²) in [6.07, 6.45) is 5.09. The molecule has 0 fully saturated rings. The predicted octanol–water partition coefficient (Wildman–Crippen LogP) is 3.80. The van der Waals surface area contributed by atoms with Crippen molar-refractivity contribution in [2.45, 2.75) is 26.2 Å². The minimum absolute atomic E-state index is 0.295. The van der Waals surface area contributed by atoms with Gasteiger partial charge < -0.3 is 5.11 Å². The van der Waals surface area contributed by atoms with Gasteiger partial charge in [-0.25, -0.2) is 0 Å². The summed E-state index contributed by atoms with van der Waals surface area (Å²) >= 11 is 0. The van der Waals surface area contributed by atoms with Crippen LogP contribution in [0, 0.1) is 0 Å². The van der Waals surface area contributed by atoms with Crippen LogP contribution in [0.25, 0.3) is 11.3 Å². The zero-order valence-electron chi connectivity index (χ0n) is 10.1. The molecule has 0 radical (unpaired) electrons. The van der Waals surface area contributed by atoms with Crippen LogP contribution in [0.15, 0.2) is 42.6 Å². The molecule has 0 aliphatic carbocycles. The van der Waals surface area contributed by atoms with Gasteiger partial charge in [-0.3, -0.25) is 4.98 Å². The molecule has 1 aromatic carbocycles. The minimum Gasteiger partial charge on any atom is -0.507 e. The molecule has 0 saturated heterocycles. The standard InChI is InChI=1S/C15H17NO/c1-2-3-7-12-8-6-11-16-15(12)13-9-4-5-10-14(13)17/h4-6,8-11,17H,2-3,7H2,1H3. The molecule has 0 aliphatic rings. The molecular weight excluding hydrogens is 210 g/mol. The molecule has 2 rings (SSSR count). The van der Waals surface area contributed by atoms with Crippen molar-refractivity contribution in [3.8, 4) is 17.0 Å². The first-order valence-electron chi connectivity index (χ1n) is 6.05. The fourth-order valence-electron chi connectivity index (χ4n) is 1.92. The van der Waals surface area contributed by atoms with Gasteiger partial charge >= 0.3 is 0 Å². The molecule has 0 bridgehead atoms. The lowest BCUT2D eigenvalue weighted by Crippen LogP contribution is -1.93. The van der Waals surface area contributed by atoms with Gasteiger partial charge in [0.1, 0.15) is 5.75 Å². The first-order chi connectivity index (χ1) is 8.33. The number of benzene rings is 1. The first-order valence-corrected chi connectivity index (χ1v) is 6.05. The Morgan fingerprint density at radius 3 is 2.71 bits per heavy atom. The fourth-order valence-corrected chi connectivity index (χ4v) is 1.92. The molecule has 0 unspecified atom stereocenters. The van der Waals surface area contributed by atoms with Crippen molar-refractivity contribution in [1.82, 2.24) is 4.98 Å². The topological polar surface area (TPSA) is 33.1 Å². The zero-order valence-corrected chi connectivity index (χ0v) is 10.1. The molecule has 1 heterocycles. The van der Waals surface area contributed by atoms with Gasteiger partial charge in [0.15, 0.2) is 0 Å². The van der Waals surface area contributed by atoms with E-state index in [1.807, 2.05) is 24.3 Å². The van der Waals surface area contributed by atoms with E-state index in [0.29, 0.717) is 5.75 Å². The Kier molecular flexibility index (Phi) is 3.76. The van der Waals surface area contributed by atoms with Crippen molar-refractivity contribution >= 4 is 0 Å². The van der Waals surface area contributed by atoms with Gasteiger partial charge in [0.05, 0.1) is 5.69 Å². The summed E-state index contributed by atoms with van der Waals surface area (Å²) in [7, 11) is 0. The number of aromatic nitrogens is 1. The number of phenols is 1. The molecule has 0 spiro atoms. The Balaban J connectivity index is 2.41. The maximum atomic E-state index is 9.87. The quantitative estimate of drug-likeness (QED) is 0.861. The molecule has 0 amide bonds. The van der Waals surface area contributed by atoms with Crippen LogP contribution >= 0.6 is 0 Å². The number of unbranched alkanes of at least 4 members (excludes halogenated alkanes) is 1. The molecular formula is C15H17NO. The maximum Gasteiger partial charge on any atom is 0.124 e. The summed E-state index contributed by atoms with van der Waals surface area (Å²) in [6.45, 7) is 2.18. The number of rotatable bonds is 4. The number of pyridine rings is 1. The molecule has 0 aliphatic heterocycles. The van der Waals surface area contributed by atoms with E-state index in [0.717, 1.165) is 30.5 Å². The van der Waals surface area contributed by atoms with Crippen molar-refractivity contribution in [3.05, 3.63) is 48.2 Å². The van der Waals surface area contributed by atoms with Crippen LogP contribution in [0.4, 0.5) is 0 Å². The summed E-state index contributed by atoms with van der Waals surface area (Å²) in [5.41, 5.74) is 2.93. The second kappa shape index (κ2) is 5.48. The smallest absolute Gasteiger partial charge is 0.124 e. The van der Waals surface area contributed by atoms with Crippen molar-refractivity contribution in [2.24, 2.45) is 0 Å². The van der Waals surface area contributed by atoms with E-state index >= 15 is 0 Å². The normalized spacial score (nSPS) is 10.4. The predicted molar refractivity (Wildman–Crippen MR) is 69.9 cm³/mol. The Bertz CT molecular complexity index is 494. The molecule has 1 aromatic heterocycles. The number of aromatic hydroxyl groups is 1. The van der Waals surface area contributed by atoms with E-state index in [1.165, 1.54) is 5.56 Å². The second-order valence-corrected chi connectivity index (χ2v) is 4.13. The lowest BCUT2D eigenvalue weighted by atomic mass is 10.0. The lowest BCUT2D eigenvalue weighted by Gasteiger charge is -2.09. The lowest BCUT2D eigenvalue weighted by molar-refractivity contribution is 0.477. The van der Waals surface area contributed by atoms with E-state index in [1.54, 1.807) is 12.3 Å². The second-order valence-electron chi connectivity index (χ2n) is 4.13. The van der Waals surface area contributed by atoms with Crippen LogP contribution in [0.5, 0.6) is 5.75 Å². The molecule has 17 heavy (non-hydrogen) atoms. The highest BCUT2D eigenvalue weighted by molar-refractivity contribution is 5.69. The van der Waals surface area contributed by atoms with Crippen molar-refractivity contribution in [1.29, 1.82) is 0 Å². The van der Waals surface area contributed by atoms with Crippen LogP contribution in [0.2, 0.25) is 0 Å². The van der Waals surface area contributed by atoms with Gasteiger partial charge in [0.25, 0.3) is 0 Å². The summed E-state index contributed by atoms with van der Waals surface area (Å²) in [6, 6.07) is 11.4. The highest BCUT2D eigenvalue weighted by atomic mass is 16.3. The summed E-state index contributed by atoms with van der Waals surface area (Å²) in [5.74, 6) is 0.295. The fraction of sp³-hybridized carbons (Fsp3) is 0.267. The summed E-state index contributed by atoms with van der Waals surface area (Å²) < 4.78 is 0. The number of nitrogens with zero attached hydrogens (tertiary/aromatic N) is 1. The Labute approximate surface area is 102 Å². The van der Waals surface area contributed by atoms with E-state index in [-0.39, 0.29) is 0 Å². The number of hydrogen-bond donors (Lipinski definition) is 1. The van der Waals surface area contributed by atoms with E-state index in [4.69, 9.17) is 0 Å². The van der Waals surface area contributed by atoms with Gasteiger partial charge in [-0.1, -0.05) is 31.5 Å². The SMILES string of the molecule is CCCCc1cccnc1-c1ccccc1O. The molecule has 1 N–H and O–H groups in total. The zero-order chi connectivity index (χ0) is 12.1. The summed E-state index contributed by atoms with van der Waals surface area (Å²) in [5, 5.41) is 9.87. The minimum atomic E-state index is 0.295. The Hall–Kier alpha value is -1.83. The summed E-state index contributed by atoms with van der Waals surface area (Å²) in [4.78, 5) is 4.40. The highest BCUT2D eigenvalue weighted by Crippen LogP contribution is 2.29. The average molecular weight is 227 g/mol. The van der Waals surface area contributed by atoms with Crippen LogP contribution in [-0.2, 0) is 6.42 Å². The van der Waals surface area contributed by atoms with Crippen LogP contribution in [0.3, 0.4) is 0 Å². The monoisotopic (exact) mass is 227 g/mol. The number of para-hydroxylation sites is 1. The average Bonchev–Trinajstić information content (AvgIpc) is 2.37. The van der Waals surface area contributed by atoms with E-state index < -0.39 is 0 Å². The number of aryl methyl sites for hydroxylation is 1. The highest BCUT2D eigenvalue weighted by Gasteiger charge is 2.09.